The van der Waals surface area contributed by atoms with Gasteiger partial charge in [0.05, 0.1) is 0 Å². The maximum Gasteiger partial charge on any atom is 0.172 e. The van der Waals surface area contributed by atoms with Crippen LogP contribution in [0.2, 0.25) is 0 Å². The first-order valence-electron chi connectivity index (χ1n) is 6.82. The quantitative estimate of drug-likeness (QED) is 0.332. The largest absolute Gasteiger partial charge is 0.409 e. The summed E-state index contributed by atoms with van der Waals surface area (Å²) < 4.78 is 0.897. The highest BCUT2D eigenvalue weighted by atomic mass is 79.9. The third-order valence-electron chi connectivity index (χ3n) is 3.72. The van der Waals surface area contributed by atoms with E-state index in [0.29, 0.717) is 6.04 Å². The Hall–Kier alpha value is -1.27. The summed E-state index contributed by atoms with van der Waals surface area (Å²) >= 11 is 3.42. The van der Waals surface area contributed by atoms with Crippen LogP contribution in [-0.2, 0) is 0 Å². The van der Waals surface area contributed by atoms with Gasteiger partial charge >= 0.3 is 0 Å². The van der Waals surface area contributed by atoms with Crippen LogP contribution < -0.4 is 10.6 Å². The molecule has 0 spiro atoms. The van der Waals surface area contributed by atoms with Crippen LogP contribution in [-0.4, -0.2) is 35.3 Å². The van der Waals surface area contributed by atoms with Crippen molar-refractivity contribution < 1.29 is 10.3 Å². The Balaban J connectivity index is 2.31. The van der Waals surface area contributed by atoms with Crippen molar-refractivity contribution in [3.8, 4) is 0 Å². The number of amidine groups is 1. The van der Waals surface area contributed by atoms with Crippen molar-refractivity contribution in [1.82, 2.24) is 0 Å². The maximum atomic E-state index is 9.00. The van der Waals surface area contributed by atoms with Crippen LogP contribution in [0.3, 0.4) is 0 Å². The third-order valence-corrected chi connectivity index (χ3v) is 4.22. The lowest BCUT2D eigenvalue weighted by atomic mass is 10.1. The fourth-order valence-electron chi connectivity index (χ4n) is 2.80. The highest BCUT2D eigenvalue weighted by Gasteiger charge is 2.26. The summed E-state index contributed by atoms with van der Waals surface area (Å²) in [6.45, 7) is 1.18. The molecule has 1 aliphatic rings. The van der Waals surface area contributed by atoms with Crippen molar-refractivity contribution in [2.75, 3.05) is 18.1 Å². The lowest BCUT2D eigenvalue weighted by Crippen LogP contribution is -2.31. The minimum atomic E-state index is 0.120. The normalized spacial score (nSPS) is 19.6. The number of aliphatic hydroxyl groups is 1. The molecular formula is C14H20BrN3O2. The fourth-order valence-corrected chi connectivity index (χ4v) is 3.16. The van der Waals surface area contributed by atoms with Crippen LogP contribution in [0.1, 0.15) is 31.2 Å². The molecule has 1 atom stereocenters. The molecular weight excluding hydrogens is 322 g/mol. The van der Waals surface area contributed by atoms with Gasteiger partial charge in [-0.05, 0) is 43.9 Å². The van der Waals surface area contributed by atoms with Crippen molar-refractivity contribution >= 4 is 27.5 Å². The SMILES string of the molecule is N/C(=N/O)c1cc(Br)ccc1N1CCCC1CCCO. The van der Waals surface area contributed by atoms with Crippen molar-refractivity contribution in [3.63, 3.8) is 0 Å². The number of rotatable bonds is 5. The second kappa shape index (κ2) is 6.95. The molecule has 1 heterocycles. The van der Waals surface area contributed by atoms with Gasteiger partial charge < -0.3 is 20.9 Å². The van der Waals surface area contributed by atoms with Crippen molar-refractivity contribution in [2.45, 2.75) is 31.7 Å². The van der Waals surface area contributed by atoms with E-state index in [4.69, 9.17) is 16.0 Å². The van der Waals surface area contributed by atoms with Gasteiger partial charge in [-0.1, -0.05) is 21.1 Å². The molecule has 0 saturated carbocycles. The summed E-state index contributed by atoms with van der Waals surface area (Å²) in [5.74, 6) is 0.120. The Morgan fingerprint density at radius 3 is 3.00 bits per heavy atom. The maximum absolute atomic E-state index is 9.00. The van der Waals surface area contributed by atoms with Gasteiger partial charge in [0.15, 0.2) is 5.84 Å². The summed E-state index contributed by atoms with van der Waals surface area (Å²) in [5.41, 5.74) is 7.51. The molecule has 0 aliphatic carbocycles. The van der Waals surface area contributed by atoms with Crippen LogP contribution >= 0.6 is 15.9 Å². The number of aliphatic hydroxyl groups excluding tert-OH is 1. The second-order valence-electron chi connectivity index (χ2n) is 5.00. The Bertz CT molecular complexity index is 493. The van der Waals surface area contributed by atoms with E-state index >= 15 is 0 Å². The van der Waals surface area contributed by atoms with E-state index in [1.807, 2.05) is 18.2 Å². The van der Waals surface area contributed by atoms with E-state index in [1.54, 1.807) is 0 Å². The van der Waals surface area contributed by atoms with Crippen LogP contribution in [0, 0.1) is 0 Å². The molecule has 0 radical (unpaired) electrons. The average Bonchev–Trinajstić information content (AvgIpc) is 2.92. The number of benzene rings is 1. The highest BCUT2D eigenvalue weighted by Crippen LogP contribution is 2.32. The van der Waals surface area contributed by atoms with Gasteiger partial charge in [-0.15, -0.1) is 0 Å². The monoisotopic (exact) mass is 341 g/mol. The van der Waals surface area contributed by atoms with E-state index in [-0.39, 0.29) is 12.4 Å². The first-order valence-corrected chi connectivity index (χ1v) is 7.61. The molecule has 1 fully saturated rings. The first-order chi connectivity index (χ1) is 9.67. The van der Waals surface area contributed by atoms with Crippen molar-refractivity contribution in [2.24, 2.45) is 10.9 Å². The summed E-state index contributed by atoms with van der Waals surface area (Å²) in [4.78, 5) is 2.30. The number of halogens is 1. The van der Waals surface area contributed by atoms with Crippen LogP contribution in [0.25, 0.3) is 0 Å². The van der Waals surface area contributed by atoms with Gasteiger partial charge in [0.25, 0.3) is 0 Å². The molecule has 0 bridgehead atoms. The Morgan fingerprint density at radius 1 is 1.50 bits per heavy atom. The zero-order chi connectivity index (χ0) is 14.5. The smallest absolute Gasteiger partial charge is 0.172 e. The zero-order valence-electron chi connectivity index (χ0n) is 11.3. The first kappa shape index (κ1) is 15.1. The minimum absolute atomic E-state index is 0.120. The van der Waals surface area contributed by atoms with Gasteiger partial charge in [0.2, 0.25) is 0 Å². The number of oxime groups is 1. The van der Waals surface area contributed by atoms with Gasteiger partial charge in [-0.25, -0.2) is 0 Å². The Labute approximate surface area is 127 Å². The van der Waals surface area contributed by atoms with Gasteiger partial charge in [0.1, 0.15) is 0 Å². The molecule has 1 aromatic rings. The molecule has 4 N–H and O–H groups in total. The molecule has 5 nitrogen and oxygen atoms in total. The number of hydrogen-bond donors (Lipinski definition) is 3. The molecule has 1 saturated heterocycles. The Kier molecular flexibility index (Phi) is 5.25. The molecule has 2 rings (SSSR count). The predicted molar refractivity (Wildman–Crippen MR) is 83.3 cm³/mol. The van der Waals surface area contributed by atoms with Crippen molar-refractivity contribution in [3.05, 3.63) is 28.2 Å². The second-order valence-corrected chi connectivity index (χ2v) is 5.92. The van der Waals surface area contributed by atoms with Crippen LogP contribution in [0.15, 0.2) is 27.8 Å². The number of nitrogens with zero attached hydrogens (tertiary/aromatic N) is 2. The molecule has 6 heteroatoms. The number of hydrogen-bond acceptors (Lipinski definition) is 4. The molecule has 0 aromatic heterocycles. The van der Waals surface area contributed by atoms with E-state index in [9.17, 15) is 0 Å². The summed E-state index contributed by atoms with van der Waals surface area (Å²) in [6.07, 6.45) is 4.01. The van der Waals surface area contributed by atoms with E-state index < -0.39 is 0 Å². The zero-order valence-corrected chi connectivity index (χ0v) is 12.9. The lowest BCUT2D eigenvalue weighted by Gasteiger charge is -2.28. The van der Waals surface area contributed by atoms with Crippen LogP contribution in [0.4, 0.5) is 5.69 Å². The molecule has 20 heavy (non-hydrogen) atoms. The fraction of sp³-hybridized carbons (Fsp3) is 0.500. The van der Waals surface area contributed by atoms with E-state index in [0.717, 1.165) is 48.0 Å². The average molecular weight is 342 g/mol. The molecule has 1 aliphatic heterocycles. The van der Waals surface area contributed by atoms with Gasteiger partial charge in [-0.3, -0.25) is 0 Å². The topological polar surface area (TPSA) is 82.1 Å². The molecule has 110 valence electrons. The molecule has 0 amide bonds. The number of anilines is 1. The summed E-state index contributed by atoms with van der Waals surface area (Å²) in [6, 6.07) is 6.24. The summed E-state index contributed by atoms with van der Waals surface area (Å²) in [7, 11) is 0. The van der Waals surface area contributed by atoms with E-state index in [1.165, 1.54) is 0 Å². The number of nitrogens with two attached hydrogens (primary N) is 1. The van der Waals surface area contributed by atoms with E-state index in [2.05, 4.69) is 26.0 Å². The third kappa shape index (κ3) is 3.24. The van der Waals surface area contributed by atoms with Gasteiger partial charge in [-0.2, -0.15) is 0 Å². The minimum Gasteiger partial charge on any atom is -0.409 e. The Morgan fingerprint density at radius 2 is 2.30 bits per heavy atom. The standard InChI is InChI=1S/C14H20BrN3O2/c15-10-5-6-13(12(9-10)14(16)17-20)18-7-1-3-11(18)4-2-8-19/h5-6,9,11,19-20H,1-4,7-8H2,(H2,16,17). The predicted octanol–water partition coefficient (Wildman–Crippen LogP) is 2.28. The highest BCUT2D eigenvalue weighted by molar-refractivity contribution is 9.10. The lowest BCUT2D eigenvalue weighted by molar-refractivity contribution is 0.279. The van der Waals surface area contributed by atoms with Crippen LogP contribution in [0.5, 0.6) is 0 Å². The van der Waals surface area contributed by atoms with Gasteiger partial charge in [0, 0.05) is 34.9 Å². The molecule has 1 unspecified atom stereocenters. The van der Waals surface area contributed by atoms with Crippen molar-refractivity contribution in [1.29, 1.82) is 0 Å². The molecule has 1 aromatic carbocycles. The summed E-state index contributed by atoms with van der Waals surface area (Å²) in [5, 5.41) is 21.1.